The average molecular weight is 313 g/mol. The van der Waals surface area contributed by atoms with E-state index >= 15 is 0 Å². The molecule has 1 heterocycles. The first-order valence-corrected chi connectivity index (χ1v) is 6.48. The first kappa shape index (κ1) is 13.1. The maximum atomic E-state index is 13.2. The average Bonchev–Trinajstić information content (AvgIpc) is 2.33. The summed E-state index contributed by atoms with van der Waals surface area (Å²) in [6.45, 7) is 3.29. The molecule has 1 amide bonds. The first-order valence-electron chi connectivity index (χ1n) is 5.68. The molecule has 1 aromatic rings. The largest absolute Gasteiger partial charge is 0.396 e. The molecule has 0 aromatic heterocycles. The summed E-state index contributed by atoms with van der Waals surface area (Å²) < 4.78 is 13.7. The molecule has 0 unspecified atom stereocenters. The molecular weight excluding hydrogens is 299 g/mol. The van der Waals surface area contributed by atoms with Crippen molar-refractivity contribution in [2.24, 2.45) is 0 Å². The van der Waals surface area contributed by atoms with E-state index in [9.17, 15) is 9.18 Å². The Morgan fingerprint density at radius 2 is 2.22 bits per heavy atom. The molecule has 2 rings (SSSR count). The van der Waals surface area contributed by atoms with Crippen molar-refractivity contribution in [3.8, 4) is 0 Å². The van der Waals surface area contributed by atoms with Gasteiger partial charge in [-0.3, -0.25) is 4.79 Å². The minimum Gasteiger partial charge on any atom is -0.396 e. The molecule has 0 radical (unpaired) electrons. The minimum absolute atomic E-state index is 0.00850. The normalized spacial score (nSPS) is 15.5. The number of carbonyl (C=O) groups excluding carboxylic acids is 1. The second kappa shape index (κ2) is 5.10. The fourth-order valence-corrected chi connectivity index (χ4v) is 2.47. The Labute approximate surface area is 114 Å². The van der Waals surface area contributed by atoms with Gasteiger partial charge in [-0.05, 0) is 41.4 Å². The van der Waals surface area contributed by atoms with Crippen LogP contribution in [0.25, 0.3) is 0 Å². The number of nitrogen functional groups attached to an aromatic ring is 1. The number of halogens is 2. The van der Waals surface area contributed by atoms with Gasteiger partial charge < -0.3 is 10.6 Å². The Kier molecular flexibility index (Phi) is 3.71. The molecule has 2 N–H and O–H groups in total. The summed E-state index contributed by atoms with van der Waals surface area (Å²) in [4.78, 5) is 14.1. The van der Waals surface area contributed by atoms with Crippen molar-refractivity contribution in [2.45, 2.75) is 13.3 Å². The molecule has 0 atom stereocenters. The fourth-order valence-electron chi connectivity index (χ4n) is 1.98. The van der Waals surface area contributed by atoms with E-state index in [0.29, 0.717) is 23.1 Å². The van der Waals surface area contributed by atoms with E-state index in [1.807, 2.05) is 6.92 Å². The quantitative estimate of drug-likeness (QED) is 0.640. The van der Waals surface area contributed by atoms with Crippen LogP contribution in [0.15, 0.2) is 28.3 Å². The van der Waals surface area contributed by atoms with Gasteiger partial charge in [0, 0.05) is 17.6 Å². The highest BCUT2D eigenvalue weighted by molar-refractivity contribution is 9.10. The second-order valence-electron chi connectivity index (χ2n) is 4.42. The van der Waals surface area contributed by atoms with Crippen LogP contribution in [0.2, 0.25) is 0 Å². The Bertz CT molecular complexity index is 528. The number of benzene rings is 1. The van der Waals surface area contributed by atoms with Gasteiger partial charge in [0.25, 0.3) is 5.91 Å². The van der Waals surface area contributed by atoms with Crippen LogP contribution >= 0.6 is 15.9 Å². The molecule has 0 saturated carbocycles. The molecule has 3 nitrogen and oxygen atoms in total. The summed E-state index contributed by atoms with van der Waals surface area (Å²) in [5.41, 5.74) is 7.07. The maximum Gasteiger partial charge on any atom is 0.255 e. The van der Waals surface area contributed by atoms with Gasteiger partial charge in [0.1, 0.15) is 5.82 Å². The van der Waals surface area contributed by atoms with E-state index in [1.54, 1.807) is 4.90 Å². The van der Waals surface area contributed by atoms with Crippen LogP contribution in [0.1, 0.15) is 23.7 Å². The molecule has 5 heteroatoms. The highest BCUT2D eigenvalue weighted by Crippen LogP contribution is 2.25. The zero-order valence-electron chi connectivity index (χ0n) is 10.0. The number of carbonyl (C=O) groups is 1. The molecule has 96 valence electrons. The predicted octanol–water partition coefficient (Wildman–Crippen LogP) is 2.96. The summed E-state index contributed by atoms with van der Waals surface area (Å²) in [5, 5.41) is 0. The van der Waals surface area contributed by atoms with Crippen molar-refractivity contribution in [3.05, 3.63) is 39.6 Å². The van der Waals surface area contributed by atoms with E-state index < -0.39 is 5.82 Å². The van der Waals surface area contributed by atoms with Gasteiger partial charge in [-0.25, -0.2) is 4.39 Å². The van der Waals surface area contributed by atoms with Crippen LogP contribution < -0.4 is 5.73 Å². The standard InChI is InChI=1S/C13H14BrFN2O/c1-8-3-2-4-17(7-8)13(18)9-5-12(16)11(15)6-10(9)14/h3,5-6H,2,4,7,16H2,1H3. The third-order valence-electron chi connectivity index (χ3n) is 2.94. The van der Waals surface area contributed by atoms with E-state index in [4.69, 9.17) is 5.73 Å². The molecule has 1 aliphatic rings. The van der Waals surface area contributed by atoms with Crippen LogP contribution in [0.5, 0.6) is 0 Å². The number of amides is 1. The monoisotopic (exact) mass is 312 g/mol. The molecule has 0 fully saturated rings. The number of hydrogen-bond acceptors (Lipinski definition) is 2. The SMILES string of the molecule is CC1=CCCN(C(=O)c2cc(N)c(F)cc2Br)C1. The Morgan fingerprint density at radius 3 is 2.89 bits per heavy atom. The molecule has 0 spiro atoms. The highest BCUT2D eigenvalue weighted by Gasteiger charge is 2.21. The first-order chi connectivity index (χ1) is 8.49. The smallest absolute Gasteiger partial charge is 0.255 e. The summed E-state index contributed by atoms with van der Waals surface area (Å²) in [6, 6.07) is 2.62. The third-order valence-corrected chi connectivity index (χ3v) is 3.59. The number of rotatable bonds is 1. The van der Waals surface area contributed by atoms with Crippen molar-refractivity contribution in [1.29, 1.82) is 0 Å². The van der Waals surface area contributed by atoms with Gasteiger partial charge in [-0.15, -0.1) is 0 Å². The molecule has 0 bridgehead atoms. The summed E-state index contributed by atoms with van der Waals surface area (Å²) >= 11 is 3.21. The molecule has 1 aromatic carbocycles. The topological polar surface area (TPSA) is 46.3 Å². The van der Waals surface area contributed by atoms with E-state index in [1.165, 1.54) is 17.7 Å². The van der Waals surface area contributed by atoms with Gasteiger partial charge in [0.05, 0.1) is 11.3 Å². The lowest BCUT2D eigenvalue weighted by Gasteiger charge is -2.26. The fraction of sp³-hybridized carbons (Fsp3) is 0.308. The van der Waals surface area contributed by atoms with E-state index in [2.05, 4.69) is 22.0 Å². The van der Waals surface area contributed by atoms with Crippen molar-refractivity contribution in [2.75, 3.05) is 18.8 Å². The molecule has 0 saturated heterocycles. The second-order valence-corrected chi connectivity index (χ2v) is 5.27. The van der Waals surface area contributed by atoms with Crippen LogP contribution in [-0.4, -0.2) is 23.9 Å². The van der Waals surface area contributed by atoms with Gasteiger partial charge in [-0.1, -0.05) is 11.6 Å². The molecule has 1 aliphatic heterocycles. The van der Waals surface area contributed by atoms with Crippen LogP contribution in [0, 0.1) is 5.82 Å². The summed E-state index contributed by atoms with van der Waals surface area (Å²) in [6.07, 6.45) is 2.98. The van der Waals surface area contributed by atoms with Crippen LogP contribution in [-0.2, 0) is 0 Å². The van der Waals surface area contributed by atoms with Crippen molar-refractivity contribution in [1.82, 2.24) is 4.90 Å². The Morgan fingerprint density at radius 1 is 1.50 bits per heavy atom. The lowest BCUT2D eigenvalue weighted by atomic mass is 10.1. The Balaban J connectivity index is 2.29. The predicted molar refractivity (Wildman–Crippen MR) is 72.8 cm³/mol. The van der Waals surface area contributed by atoms with Crippen molar-refractivity contribution in [3.63, 3.8) is 0 Å². The van der Waals surface area contributed by atoms with E-state index in [-0.39, 0.29) is 11.6 Å². The molecular formula is C13H14BrFN2O. The zero-order chi connectivity index (χ0) is 13.3. The highest BCUT2D eigenvalue weighted by atomic mass is 79.9. The number of anilines is 1. The maximum absolute atomic E-state index is 13.2. The van der Waals surface area contributed by atoms with Crippen molar-refractivity contribution < 1.29 is 9.18 Å². The Hall–Kier alpha value is -1.36. The number of hydrogen-bond donors (Lipinski definition) is 1. The van der Waals surface area contributed by atoms with Gasteiger partial charge in [0.15, 0.2) is 0 Å². The zero-order valence-corrected chi connectivity index (χ0v) is 11.6. The van der Waals surface area contributed by atoms with E-state index in [0.717, 1.165) is 6.42 Å². The lowest BCUT2D eigenvalue weighted by molar-refractivity contribution is 0.0765. The number of nitrogens with two attached hydrogens (primary N) is 1. The number of nitrogens with zero attached hydrogens (tertiary/aromatic N) is 1. The van der Waals surface area contributed by atoms with Crippen LogP contribution in [0.3, 0.4) is 0 Å². The van der Waals surface area contributed by atoms with Crippen LogP contribution in [0.4, 0.5) is 10.1 Å². The lowest BCUT2D eigenvalue weighted by Crippen LogP contribution is -2.35. The van der Waals surface area contributed by atoms with Gasteiger partial charge >= 0.3 is 0 Å². The molecule has 18 heavy (non-hydrogen) atoms. The molecule has 0 aliphatic carbocycles. The van der Waals surface area contributed by atoms with Gasteiger partial charge in [-0.2, -0.15) is 0 Å². The van der Waals surface area contributed by atoms with Crippen molar-refractivity contribution >= 4 is 27.5 Å². The summed E-state index contributed by atoms with van der Waals surface area (Å²) in [7, 11) is 0. The third kappa shape index (κ3) is 2.56. The summed E-state index contributed by atoms with van der Waals surface area (Å²) in [5.74, 6) is -0.644. The minimum atomic E-state index is -0.520. The van der Waals surface area contributed by atoms with Gasteiger partial charge in [0.2, 0.25) is 0 Å².